The Morgan fingerprint density at radius 3 is 2.55 bits per heavy atom. The fourth-order valence-corrected chi connectivity index (χ4v) is 2.68. The molecule has 7 nitrogen and oxygen atoms in total. The van der Waals surface area contributed by atoms with Crippen LogP contribution in [0.1, 0.15) is 25.7 Å². The molecule has 116 valence electrons. The van der Waals surface area contributed by atoms with Crippen LogP contribution in [0.2, 0.25) is 0 Å². The summed E-state index contributed by atoms with van der Waals surface area (Å²) in [7, 11) is 0. The van der Waals surface area contributed by atoms with Crippen molar-refractivity contribution in [3.63, 3.8) is 0 Å². The summed E-state index contributed by atoms with van der Waals surface area (Å²) in [5.41, 5.74) is 0.742. The van der Waals surface area contributed by atoms with Crippen molar-refractivity contribution in [1.82, 2.24) is 10.3 Å². The number of nitrogens with one attached hydrogen (secondary N) is 2. The molecular weight excluding hydrogens is 284 g/mol. The lowest BCUT2D eigenvalue weighted by atomic mass is 10.1. The second kappa shape index (κ2) is 6.13. The first-order chi connectivity index (χ1) is 10.6. The lowest BCUT2D eigenvalue weighted by molar-refractivity contribution is -0.133. The molecular formula is C15H18N4O3. The Bertz CT molecular complexity index is 589. The zero-order valence-corrected chi connectivity index (χ0v) is 12.2. The molecule has 0 aliphatic carbocycles. The molecule has 0 aromatic carbocycles. The smallest absolute Gasteiger partial charge is 0.249 e. The van der Waals surface area contributed by atoms with E-state index in [1.165, 1.54) is 0 Å². The van der Waals surface area contributed by atoms with E-state index in [1.807, 2.05) is 12.1 Å². The van der Waals surface area contributed by atoms with Gasteiger partial charge in [-0.05, 0) is 18.6 Å². The van der Waals surface area contributed by atoms with Crippen molar-refractivity contribution in [2.24, 2.45) is 0 Å². The molecule has 0 saturated carbocycles. The lowest BCUT2D eigenvalue weighted by Crippen LogP contribution is -2.47. The van der Waals surface area contributed by atoms with E-state index in [0.717, 1.165) is 11.5 Å². The van der Waals surface area contributed by atoms with E-state index in [4.69, 9.17) is 0 Å². The first-order valence-electron chi connectivity index (χ1n) is 7.45. The summed E-state index contributed by atoms with van der Waals surface area (Å²) in [6.07, 6.45) is 3.64. The average molecular weight is 302 g/mol. The molecule has 2 aliphatic heterocycles. The van der Waals surface area contributed by atoms with Gasteiger partial charge in [0.15, 0.2) is 0 Å². The van der Waals surface area contributed by atoms with Gasteiger partial charge in [0.1, 0.15) is 17.6 Å². The fraction of sp³-hybridized carbons (Fsp3) is 0.467. The van der Waals surface area contributed by atoms with Crippen molar-refractivity contribution in [3.8, 4) is 0 Å². The summed E-state index contributed by atoms with van der Waals surface area (Å²) in [5, 5.41) is 5.40. The van der Waals surface area contributed by atoms with Gasteiger partial charge in [-0.3, -0.25) is 19.7 Å². The van der Waals surface area contributed by atoms with Crippen LogP contribution in [-0.2, 0) is 14.4 Å². The average Bonchev–Trinajstić information content (AvgIpc) is 2.52. The van der Waals surface area contributed by atoms with Gasteiger partial charge in [0, 0.05) is 32.4 Å². The Morgan fingerprint density at radius 2 is 1.91 bits per heavy atom. The maximum absolute atomic E-state index is 11.7. The minimum Gasteiger partial charge on any atom is -0.372 e. The van der Waals surface area contributed by atoms with Gasteiger partial charge in [0.2, 0.25) is 11.8 Å². The van der Waals surface area contributed by atoms with Crippen molar-refractivity contribution < 1.29 is 14.4 Å². The summed E-state index contributed by atoms with van der Waals surface area (Å²) >= 11 is 0. The Hall–Kier alpha value is -2.44. The zero-order chi connectivity index (χ0) is 15.5. The highest BCUT2D eigenvalue weighted by Gasteiger charge is 2.26. The highest BCUT2D eigenvalue weighted by atomic mass is 16.2. The molecule has 2 amide bonds. The summed E-state index contributed by atoms with van der Waals surface area (Å²) < 4.78 is 0. The van der Waals surface area contributed by atoms with Crippen LogP contribution in [-0.4, -0.2) is 41.7 Å². The Balaban J connectivity index is 1.61. The second-order valence-electron chi connectivity index (χ2n) is 5.58. The van der Waals surface area contributed by atoms with Crippen molar-refractivity contribution in [3.05, 3.63) is 18.3 Å². The van der Waals surface area contributed by atoms with Gasteiger partial charge in [-0.25, -0.2) is 4.98 Å². The number of Topliss-reactive ketones (excluding diaryl/α,β-unsaturated/α-hetero) is 1. The van der Waals surface area contributed by atoms with E-state index in [1.54, 1.807) is 6.20 Å². The molecule has 0 radical (unpaired) electrons. The molecule has 3 rings (SSSR count). The monoisotopic (exact) mass is 302 g/mol. The van der Waals surface area contributed by atoms with Gasteiger partial charge in [-0.1, -0.05) is 0 Å². The predicted molar refractivity (Wildman–Crippen MR) is 80.5 cm³/mol. The molecule has 2 aliphatic rings. The number of rotatable bonds is 3. The van der Waals surface area contributed by atoms with Gasteiger partial charge >= 0.3 is 0 Å². The topological polar surface area (TPSA) is 91.4 Å². The van der Waals surface area contributed by atoms with Crippen LogP contribution in [0.5, 0.6) is 0 Å². The minimum atomic E-state index is -0.405. The maximum atomic E-state index is 11.7. The van der Waals surface area contributed by atoms with Gasteiger partial charge in [0.25, 0.3) is 0 Å². The van der Waals surface area contributed by atoms with E-state index in [0.29, 0.717) is 44.6 Å². The number of pyridine rings is 1. The molecule has 22 heavy (non-hydrogen) atoms. The first-order valence-corrected chi connectivity index (χ1v) is 7.45. The molecule has 0 bridgehead atoms. The van der Waals surface area contributed by atoms with E-state index in [2.05, 4.69) is 20.5 Å². The van der Waals surface area contributed by atoms with Crippen molar-refractivity contribution in [2.75, 3.05) is 23.3 Å². The molecule has 3 heterocycles. The third kappa shape index (κ3) is 3.24. The maximum Gasteiger partial charge on any atom is 0.249 e. The van der Waals surface area contributed by atoms with E-state index in [-0.39, 0.29) is 11.8 Å². The number of hydrogen-bond donors (Lipinski definition) is 2. The van der Waals surface area contributed by atoms with Crippen molar-refractivity contribution in [2.45, 2.75) is 31.7 Å². The molecule has 7 heteroatoms. The zero-order valence-electron chi connectivity index (χ0n) is 12.2. The van der Waals surface area contributed by atoms with Crippen LogP contribution in [0.4, 0.5) is 11.5 Å². The standard InChI is InChI=1S/C15H18N4O3/c20-11-5-7-19(8-6-11)13-3-1-10(9-16-13)17-12-2-4-14(21)18-15(12)22/h1,3,9,12,17H,2,4-8H2,(H,18,21,22). The van der Waals surface area contributed by atoms with Gasteiger partial charge in [-0.2, -0.15) is 0 Å². The first kappa shape index (κ1) is 14.5. The highest BCUT2D eigenvalue weighted by Crippen LogP contribution is 2.19. The largest absolute Gasteiger partial charge is 0.372 e. The summed E-state index contributed by atoms with van der Waals surface area (Å²) in [5.74, 6) is 0.611. The quantitative estimate of drug-likeness (QED) is 0.789. The van der Waals surface area contributed by atoms with Crippen LogP contribution >= 0.6 is 0 Å². The minimum absolute atomic E-state index is 0.226. The number of amides is 2. The van der Waals surface area contributed by atoms with E-state index >= 15 is 0 Å². The summed E-state index contributed by atoms with van der Waals surface area (Å²) in [4.78, 5) is 40.5. The molecule has 1 aromatic rings. The van der Waals surface area contributed by atoms with Crippen LogP contribution < -0.4 is 15.5 Å². The van der Waals surface area contributed by atoms with Crippen LogP contribution in [0, 0.1) is 0 Å². The molecule has 1 unspecified atom stereocenters. The van der Waals surface area contributed by atoms with Gasteiger partial charge < -0.3 is 10.2 Å². The number of ketones is 1. The van der Waals surface area contributed by atoms with Gasteiger partial charge in [0.05, 0.1) is 11.9 Å². The van der Waals surface area contributed by atoms with E-state index < -0.39 is 6.04 Å². The molecule has 1 aromatic heterocycles. The number of anilines is 2. The van der Waals surface area contributed by atoms with Crippen LogP contribution in [0.15, 0.2) is 18.3 Å². The molecule has 2 fully saturated rings. The normalized spacial score (nSPS) is 22.5. The lowest BCUT2D eigenvalue weighted by Gasteiger charge is -2.27. The number of hydrogen-bond acceptors (Lipinski definition) is 6. The van der Waals surface area contributed by atoms with Crippen LogP contribution in [0.25, 0.3) is 0 Å². The molecule has 2 saturated heterocycles. The molecule has 1 atom stereocenters. The van der Waals surface area contributed by atoms with Crippen LogP contribution in [0.3, 0.4) is 0 Å². The van der Waals surface area contributed by atoms with Crippen molar-refractivity contribution >= 4 is 29.1 Å². The number of carbonyl (C=O) groups is 3. The summed E-state index contributed by atoms with van der Waals surface area (Å²) in [6.45, 7) is 1.40. The highest BCUT2D eigenvalue weighted by molar-refractivity contribution is 6.01. The van der Waals surface area contributed by atoms with E-state index in [9.17, 15) is 14.4 Å². The number of piperidine rings is 2. The second-order valence-corrected chi connectivity index (χ2v) is 5.58. The molecule has 2 N–H and O–H groups in total. The number of aromatic nitrogens is 1. The number of carbonyl (C=O) groups excluding carboxylic acids is 3. The van der Waals surface area contributed by atoms with Crippen molar-refractivity contribution in [1.29, 1.82) is 0 Å². The Labute approximate surface area is 128 Å². The molecule has 0 spiro atoms. The Kier molecular flexibility index (Phi) is 4.04. The fourth-order valence-electron chi connectivity index (χ4n) is 2.68. The summed E-state index contributed by atoms with van der Waals surface area (Å²) in [6, 6.07) is 3.34. The number of imide groups is 1. The third-order valence-corrected chi connectivity index (χ3v) is 3.97. The SMILES string of the molecule is O=C1CCN(c2ccc(NC3CCC(=O)NC3=O)cn2)CC1. The third-order valence-electron chi connectivity index (χ3n) is 3.97. The number of nitrogens with zero attached hydrogens (tertiary/aromatic N) is 2. The van der Waals surface area contributed by atoms with Gasteiger partial charge in [-0.15, -0.1) is 0 Å². The Morgan fingerprint density at radius 1 is 1.14 bits per heavy atom. The predicted octanol–water partition coefficient (Wildman–Crippen LogP) is 0.468.